The molecule has 2 aliphatic heterocycles. The molecule has 0 saturated carbocycles. The second kappa shape index (κ2) is 5.71. The van der Waals surface area contributed by atoms with Crippen molar-refractivity contribution >= 4 is 34.6 Å². The van der Waals surface area contributed by atoms with Gasteiger partial charge >= 0.3 is 0 Å². The molecule has 5 rings (SSSR count). The number of amides is 1. The number of para-hydroxylation sites is 2. The molecule has 26 heavy (non-hydrogen) atoms. The van der Waals surface area contributed by atoms with Gasteiger partial charge < -0.3 is 14.6 Å². The summed E-state index contributed by atoms with van der Waals surface area (Å²) in [6.45, 7) is 0.373. The number of hydrogen-bond acceptors (Lipinski definition) is 3. The van der Waals surface area contributed by atoms with E-state index in [1.165, 1.54) is 0 Å². The number of carbonyl (C=O) groups excluding carboxylic acids is 1. The Morgan fingerprint density at radius 2 is 1.85 bits per heavy atom. The summed E-state index contributed by atoms with van der Waals surface area (Å²) in [5.41, 5.74) is 3.40. The third-order valence-electron chi connectivity index (χ3n) is 4.80. The molecule has 0 aliphatic carbocycles. The Morgan fingerprint density at radius 1 is 1.04 bits per heavy atom. The van der Waals surface area contributed by atoms with Gasteiger partial charge in [0.2, 0.25) is 0 Å². The molecule has 0 saturated heterocycles. The lowest BCUT2D eigenvalue weighted by molar-refractivity contribution is 0.0629. The Morgan fingerprint density at radius 3 is 2.69 bits per heavy atom. The van der Waals surface area contributed by atoms with Gasteiger partial charge in [0.25, 0.3) is 5.91 Å². The van der Waals surface area contributed by atoms with Crippen molar-refractivity contribution in [2.24, 2.45) is 0 Å². The fourth-order valence-electron chi connectivity index (χ4n) is 3.67. The minimum absolute atomic E-state index is 0.0299. The van der Waals surface area contributed by atoms with Crippen LogP contribution >= 0.6 is 12.2 Å². The number of nitrogens with zero attached hydrogens (tertiary/aromatic N) is 2. The summed E-state index contributed by atoms with van der Waals surface area (Å²) in [7, 11) is 0. The van der Waals surface area contributed by atoms with Gasteiger partial charge in [-0.25, -0.2) is 0 Å². The molecule has 1 N–H and O–H groups in total. The van der Waals surface area contributed by atoms with Crippen LogP contribution < -0.4 is 10.2 Å². The number of hydrogen-bond donors (Lipinski definition) is 1. The summed E-state index contributed by atoms with van der Waals surface area (Å²) in [6, 6.07) is 19.2. The third kappa shape index (κ3) is 2.16. The monoisotopic (exact) mass is 361 g/mol. The van der Waals surface area contributed by atoms with Gasteiger partial charge in [0.15, 0.2) is 5.11 Å². The molecule has 1 amide bonds. The van der Waals surface area contributed by atoms with Gasteiger partial charge in [-0.2, -0.15) is 0 Å². The minimum Gasteiger partial charge on any atom is -0.467 e. The Kier molecular flexibility index (Phi) is 3.33. The van der Waals surface area contributed by atoms with Crippen molar-refractivity contribution in [2.45, 2.75) is 12.7 Å². The number of benzene rings is 2. The van der Waals surface area contributed by atoms with E-state index >= 15 is 0 Å². The highest BCUT2D eigenvalue weighted by Crippen LogP contribution is 2.44. The smallest absolute Gasteiger partial charge is 0.258 e. The fraction of sp³-hybridized carbons (Fsp3) is 0.100. The van der Waals surface area contributed by atoms with E-state index in [2.05, 4.69) is 5.32 Å². The van der Waals surface area contributed by atoms with E-state index in [1.807, 2.05) is 70.5 Å². The standard InChI is InChI=1S/C20H15N3O2S/c24-19-15-8-2-4-10-17(15)23-18(22(19)12-13-6-5-11-25-13)14-7-1-3-9-16(14)21-20(23)26/h1-11,18H,12H2,(H,21,26). The topological polar surface area (TPSA) is 48.7 Å². The number of furan rings is 1. The molecule has 3 aromatic rings. The van der Waals surface area contributed by atoms with Gasteiger partial charge in [0, 0.05) is 11.3 Å². The molecule has 5 nitrogen and oxygen atoms in total. The van der Waals surface area contributed by atoms with Crippen LogP contribution in [0, 0.1) is 0 Å². The van der Waals surface area contributed by atoms with Crippen LogP contribution in [0.1, 0.15) is 27.8 Å². The summed E-state index contributed by atoms with van der Waals surface area (Å²) >= 11 is 5.65. The molecule has 0 radical (unpaired) electrons. The van der Waals surface area contributed by atoms with E-state index in [4.69, 9.17) is 16.6 Å². The molecule has 1 aromatic heterocycles. The van der Waals surface area contributed by atoms with E-state index in [0.717, 1.165) is 22.7 Å². The van der Waals surface area contributed by atoms with Crippen LogP contribution in [-0.4, -0.2) is 15.9 Å². The molecule has 0 spiro atoms. The van der Waals surface area contributed by atoms with Crippen LogP contribution in [0.3, 0.4) is 0 Å². The lowest BCUT2D eigenvalue weighted by Gasteiger charge is -2.48. The lowest BCUT2D eigenvalue weighted by Crippen LogP contribution is -2.54. The minimum atomic E-state index is -0.313. The number of anilines is 2. The van der Waals surface area contributed by atoms with Crippen LogP contribution in [0.4, 0.5) is 11.4 Å². The Labute approximate surface area is 155 Å². The SMILES string of the molecule is O=C1c2ccccc2N2C(=S)Nc3ccccc3C2N1Cc1ccco1. The average molecular weight is 361 g/mol. The normalized spacial score (nSPS) is 18.1. The van der Waals surface area contributed by atoms with Gasteiger partial charge in [-0.3, -0.25) is 9.69 Å². The molecule has 2 aromatic carbocycles. The van der Waals surface area contributed by atoms with Crippen LogP contribution in [0.5, 0.6) is 0 Å². The lowest BCUT2D eigenvalue weighted by atomic mass is 9.98. The van der Waals surface area contributed by atoms with Crippen LogP contribution in [0.15, 0.2) is 71.3 Å². The Balaban J connectivity index is 1.72. The number of carbonyl (C=O) groups is 1. The van der Waals surface area contributed by atoms with Crippen molar-refractivity contribution < 1.29 is 9.21 Å². The summed E-state index contributed by atoms with van der Waals surface area (Å²) in [5, 5.41) is 3.87. The number of nitrogens with one attached hydrogen (secondary N) is 1. The highest BCUT2D eigenvalue weighted by molar-refractivity contribution is 7.80. The van der Waals surface area contributed by atoms with Crippen LogP contribution in [-0.2, 0) is 6.54 Å². The number of thiocarbonyl (C=S) groups is 1. The summed E-state index contributed by atoms with van der Waals surface area (Å²) < 4.78 is 5.51. The quantitative estimate of drug-likeness (QED) is 0.695. The predicted octanol–water partition coefficient (Wildman–Crippen LogP) is 4.15. The predicted molar refractivity (Wildman–Crippen MR) is 103 cm³/mol. The molecular formula is C20H15N3O2S. The van der Waals surface area contributed by atoms with E-state index in [9.17, 15) is 4.79 Å². The molecule has 3 heterocycles. The van der Waals surface area contributed by atoms with Crippen LogP contribution in [0.25, 0.3) is 0 Å². The maximum Gasteiger partial charge on any atom is 0.258 e. The molecule has 128 valence electrons. The average Bonchev–Trinajstić information content (AvgIpc) is 3.17. The Hall–Kier alpha value is -3.12. The van der Waals surface area contributed by atoms with E-state index < -0.39 is 0 Å². The van der Waals surface area contributed by atoms with Crippen molar-refractivity contribution in [3.05, 3.63) is 83.8 Å². The first-order chi connectivity index (χ1) is 12.7. The first-order valence-electron chi connectivity index (χ1n) is 8.35. The molecule has 2 aliphatic rings. The molecular weight excluding hydrogens is 346 g/mol. The third-order valence-corrected chi connectivity index (χ3v) is 5.10. The zero-order chi connectivity index (χ0) is 17.7. The van der Waals surface area contributed by atoms with E-state index in [0.29, 0.717) is 17.2 Å². The highest BCUT2D eigenvalue weighted by Gasteiger charge is 2.43. The van der Waals surface area contributed by atoms with E-state index in [1.54, 1.807) is 6.26 Å². The van der Waals surface area contributed by atoms with Gasteiger partial charge in [-0.15, -0.1) is 0 Å². The summed E-state index contributed by atoms with van der Waals surface area (Å²) in [6.07, 6.45) is 1.31. The van der Waals surface area contributed by atoms with Crippen LogP contribution in [0.2, 0.25) is 0 Å². The second-order valence-corrected chi connectivity index (χ2v) is 6.68. The van der Waals surface area contributed by atoms with Crippen molar-refractivity contribution in [3.8, 4) is 0 Å². The first-order valence-corrected chi connectivity index (χ1v) is 8.76. The van der Waals surface area contributed by atoms with Gasteiger partial charge in [-0.05, 0) is 42.5 Å². The van der Waals surface area contributed by atoms with Gasteiger partial charge in [0.05, 0.1) is 24.1 Å². The second-order valence-electron chi connectivity index (χ2n) is 6.29. The summed E-state index contributed by atoms with van der Waals surface area (Å²) in [4.78, 5) is 17.1. The van der Waals surface area contributed by atoms with E-state index in [-0.39, 0.29) is 12.1 Å². The Bertz CT molecular complexity index is 1020. The maximum atomic E-state index is 13.3. The van der Waals surface area contributed by atoms with Gasteiger partial charge in [0.1, 0.15) is 11.9 Å². The largest absolute Gasteiger partial charge is 0.467 e. The van der Waals surface area contributed by atoms with Crippen molar-refractivity contribution in [2.75, 3.05) is 10.2 Å². The molecule has 6 heteroatoms. The van der Waals surface area contributed by atoms with Crippen molar-refractivity contribution in [3.63, 3.8) is 0 Å². The van der Waals surface area contributed by atoms with Crippen molar-refractivity contribution in [1.29, 1.82) is 0 Å². The van der Waals surface area contributed by atoms with Gasteiger partial charge in [-0.1, -0.05) is 30.3 Å². The highest BCUT2D eigenvalue weighted by atomic mass is 32.1. The number of rotatable bonds is 2. The molecule has 0 fully saturated rings. The molecule has 0 bridgehead atoms. The summed E-state index contributed by atoms with van der Waals surface area (Å²) in [5.74, 6) is 0.706. The zero-order valence-corrected chi connectivity index (χ0v) is 14.6. The molecule has 1 atom stereocenters. The fourth-order valence-corrected chi connectivity index (χ4v) is 3.98. The number of fused-ring (bicyclic) bond motifs is 5. The molecule has 1 unspecified atom stereocenters. The first kappa shape index (κ1) is 15.2. The zero-order valence-electron chi connectivity index (χ0n) is 13.8. The maximum absolute atomic E-state index is 13.3. The van der Waals surface area contributed by atoms with Crippen molar-refractivity contribution in [1.82, 2.24) is 4.90 Å².